The zero-order chi connectivity index (χ0) is 15.4. The number of hydrogen-bond acceptors (Lipinski definition) is 4. The molecule has 0 spiro atoms. The fourth-order valence-corrected chi connectivity index (χ4v) is 2.10. The summed E-state index contributed by atoms with van der Waals surface area (Å²) in [5.74, 6) is 0.688. The molecule has 0 atom stereocenters. The van der Waals surface area contributed by atoms with E-state index in [0.717, 1.165) is 11.3 Å². The molecule has 0 aliphatic rings. The lowest BCUT2D eigenvalue weighted by Gasteiger charge is -2.05. The van der Waals surface area contributed by atoms with Crippen LogP contribution in [0.2, 0.25) is 5.02 Å². The SMILES string of the molecule is OCc1cccc(OCc2cn(-c3ccc(Cl)cc3)nn2)c1. The average molecular weight is 316 g/mol. The summed E-state index contributed by atoms with van der Waals surface area (Å²) in [6.45, 7) is 0.298. The molecule has 2 aromatic carbocycles. The molecular weight excluding hydrogens is 302 g/mol. The van der Waals surface area contributed by atoms with E-state index >= 15 is 0 Å². The summed E-state index contributed by atoms with van der Waals surface area (Å²) < 4.78 is 7.32. The Labute approximate surface area is 132 Å². The van der Waals surface area contributed by atoms with Crippen molar-refractivity contribution in [3.8, 4) is 11.4 Å². The predicted octanol–water partition coefficient (Wildman–Crippen LogP) is 2.99. The van der Waals surface area contributed by atoms with Gasteiger partial charge in [-0.15, -0.1) is 5.10 Å². The molecule has 112 valence electrons. The van der Waals surface area contributed by atoms with E-state index in [2.05, 4.69) is 10.3 Å². The molecule has 0 radical (unpaired) electrons. The van der Waals surface area contributed by atoms with Gasteiger partial charge in [0, 0.05) is 5.02 Å². The number of nitrogens with zero attached hydrogens (tertiary/aromatic N) is 3. The number of aliphatic hydroxyl groups is 1. The monoisotopic (exact) mass is 315 g/mol. The third-order valence-corrected chi connectivity index (χ3v) is 3.35. The van der Waals surface area contributed by atoms with Gasteiger partial charge in [-0.05, 0) is 42.0 Å². The van der Waals surface area contributed by atoms with E-state index in [1.807, 2.05) is 30.3 Å². The Morgan fingerprint density at radius 3 is 2.73 bits per heavy atom. The van der Waals surface area contributed by atoms with Crippen LogP contribution in [0.3, 0.4) is 0 Å². The molecule has 3 rings (SSSR count). The van der Waals surface area contributed by atoms with E-state index in [1.165, 1.54) is 0 Å². The standard InChI is InChI=1S/C16H14ClN3O2/c17-13-4-6-15(7-5-13)20-9-14(18-19-20)11-22-16-3-1-2-12(8-16)10-21/h1-9,21H,10-11H2. The molecule has 0 aliphatic heterocycles. The van der Waals surface area contributed by atoms with Gasteiger partial charge in [0.1, 0.15) is 18.1 Å². The minimum absolute atomic E-state index is 0.00997. The Balaban J connectivity index is 1.67. The quantitative estimate of drug-likeness (QED) is 0.786. The topological polar surface area (TPSA) is 60.2 Å². The Kier molecular flexibility index (Phi) is 4.37. The first-order valence-corrected chi connectivity index (χ1v) is 7.12. The van der Waals surface area contributed by atoms with E-state index in [0.29, 0.717) is 23.1 Å². The lowest BCUT2D eigenvalue weighted by atomic mass is 10.2. The van der Waals surface area contributed by atoms with Crippen LogP contribution < -0.4 is 4.74 Å². The van der Waals surface area contributed by atoms with Crippen LogP contribution in [-0.2, 0) is 13.2 Å². The third kappa shape index (κ3) is 3.44. The molecule has 0 saturated heterocycles. The van der Waals surface area contributed by atoms with Crippen molar-refractivity contribution in [2.24, 2.45) is 0 Å². The van der Waals surface area contributed by atoms with Crippen LogP contribution in [0.25, 0.3) is 5.69 Å². The Hall–Kier alpha value is -2.37. The molecule has 1 heterocycles. The molecule has 0 unspecified atom stereocenters. The summed E-state index contributed by atoms with van der Waals surface area (Å²) in [4.78, 5) is 0. The van der Waals surface area contributed by atoms with Crippen molar-refractivity contribution in [2.45, 2.75) is 13.2 Å². The number of halogens is 1. The highest BCUT2D eigenvalue weighted by atomic mass is 35.5. The Morgan fingerprint density at radius 1 is 1.14 bits per heavy atom. The van der Waals surface area contributed by atoms with Crippen LogP contribution in [0.1, 0.15) is 11.3 Å². The van der Waals surface area contributed by atoms with Crippen LogP contribution in [0, 0.1) is 0 Å². The molecule has 6 heteroatoms. The molecule has 1 aromatic heterocycles. The summed E-state index contributed by atoms with van der Waals surface area (Å²) in [5, 5.41) is 17.9. The summed E-state index contributed by atoms with van der Waals surface area (Å²) in [7, 11) is 0. The van der Waals surface area contributed by atoms with Gasteiger partial charge in [0.2, 0.25) is 0 Å². The fourth-order valence-electron chi connectivity index (χ4n) is 1.98. The highest BCUT2D eigenvalue weighted by molar-refractivity contribution is 6.30. The van der Waals surface area contributed by atoms with Crippen molar-refractivity contribution in [3.63, 3.8) is 0 Å². The van der Waals surface area contributed by atoms with Crippen molar-refractivity contribution in [3.05, 3.63) is 71.0 Å². The highest BCUT2D eigenvalue weighted by Crippen LogP contribution is 2.16. The van der Waals surface area contributed by atoms with E-state index in [9.17, 15) is 0 Å². The molecule has 1 N–H and O–H groups in total. The van der Waals surface area contributed by atoms with Gasteiger partial charge < -0.3 is 9.84 Å². The molecule has 5 nitrogen and oxygen atoms in total. The first kappa shape index (κ1) is 14.6. The van der Waals surface area contributed by atoms with Gasteiger partial charge in [0.25, 0.3) is 0 Å². The maximum Gasteiger partial charge on any atom is 0.134 e. The van der Waals surface area contributed by atoms with Gasteiger partial charge in [-0.2, -0.15) is 0 Å². The molecule has 22 heavy (non-hydrogen) atoms. The minimum atomic E-state index is -0.00997. The normalized spacial score (nSPS) is 10.6. The van der Waals surface area contributed by atoms with Gasteiger partial charge in [-0.3, -0.25) is 0 Å². The van der Waals surface area contributed by atoms with Gasteiger partial charge in [-0.25, -0.2) is 4.68 Å². The fraction of sp³-hybridized carbons (Fsp3) is 0.125. The lowest BCUT2D eigenvalue weighted by molar-refractivity contribution is 0.277. The molecule has 0 bridgehead atoms. The zero-order valence-electron chi connectivity index (χ0n) is 11.7. The second kappa shape index (κ2) is 6.60. The lowest BCUT2D eigenvalue weighted by Crippen LogP contribution is -1.96. The summed E-state index contributed by atoms with van der Waals surface area (Å²) in [6.07, 6.45) is 1.80. The molecule has 0 amide bonds. The van der Waals surface area contributed by atoms with E-state index in [1.54, 1.807) is 29.1 Å². The van der Waals surface area contributed by atoms with Crippen molar-refractivity contribution >= 4 is 11.6 Å². The average Bonchev–Trinajstić information content (AvgIpc) is 3.03. The first-order chi connectivity index (χ1) is 10.7. The van der Waals surface area contributed by atoms with E-state index in [-0.39, 0.29) is 6.61 Å². The van der Waals surface area contributed by atoms with E-state index in [4.69, 9.17) is 21.4 Å². The Bertz CT molecular complexity index is 756. The molecule has 0 aliphatic carbocycles. The number of benzene rings is 2. The Morgan fingerprint density at radius 2 is 1.95 bits per heavy atom. The number of hydrogen-bond donors (Lipinski definition) is 1. The number of aromatic nitrogens is 3. The van der Waals surface area contributed by atoms with Gasteiger partial charge in [0.05, 0.1) is 18.5 Å². The zero-order valence-corrected chi connectivity index (χ0v) is 12.4. The van der Waals surface area contributed by atoms with Crippen LogP contribution in [0.15, 0.2) is 54.7 Å². The maximum absolute atomic E-state index is 9.11. The number of ether oxygens (including phenoxy) is 1. The molecule has 0 fully saturated rings. The van der Waals surface area contributed by atoms with Crippen molar-refractivity contribution < 1.29 is 9.84 Å². The number of rotatable bonds is 5. The van der Waals surface area contributed by atoms with Gasteiger partial charge in [0.15, 0.2) is 0 Å². The minimum Gasteiger partial charge on any atom is -0.487 e. The first-order valence-electron chi connectivity index (χ1n) is 6.74. The second-order valence-electron chi connectivity index (χ2n) is 4.73. The van der Waals surface area contributed by atoms with Crippen LogP contribution in [0.4, 0.5) is 0 Å². The summed E-state index contributed by atoms with van der Waals surface area (Å²) >= 11 is 5.86. The number of aliphatic hydroxyl groups excluding tert-OH is 1. The predicted molar refractivity (Wildman–Crippen MR) is 83.1 cm³/mol. The molecule has 3 aromatic rings. The molecule has 0 saturated carbocycles. The van der Waals surface area contributed by atoms with Gasteiger partial charge >= 0.3 is 0 Å². The molecular formula is C16H14ClN3O2. The van der Waals surface area contributed by atoms with E-state index < -0.39 is 0 Å². The van der Waals surface area contributed by atoms with Gasteiger partial charge in [-0.1, -0.05) is 28.9 Å². The summed E-state index contributed by atoms with van der Waals surface area (Å²) in [6, 6.07) is 14.6. The largest absolute Gasteiger partial charge is 0.487 e. The van der Waals surface area contributed by atoms with Crippen LogP contribution in [0.5, 0.6) is 5.75 Å². The van der Waals surface area contributed by atoms with Crippen LogP contribution in [-0.4, -0.2) is 20.1 Å². The third-order valence-electron chi connectivity index (χ3n) is 3.10. The smallest absolute Gasteiger partial charge is 0.134 e. The van der Waals surface area contributed by atoms with Crippen molar-refractivity contribution in [1.82, 2.24) is 15.0 Å². The van der Waals surface area contributed by atoms with Crippen molar-refractivity contribution in [1.29, 1.82) is 0 Å². The summed E-state index contributed by atoms with van der Waals surface area (Å²) in [5.41, 5.74) is 2.40. The maximum atomic E-state index is 9.11. The van der Waals surface area contributed by atoms with Crippen molar-refractivity contribution in [2.75, 3.05) is 0 Å². The highest BCUT2D eigenvalue weighted by Gasteiger charge is 2.04. The van der Waals surface area contributed by atoms with Crippen LogP contribution >= 0.6 is 11.6 Å². The second-order valence-corrected chi connectivity index (χ2v) is 5.16.